The van der Waals surface area contributed by atoms with Crippen LogP contribution in [-0.2, 0) is 0 Å². The lowest BCUT2D eigenvalue weighted by Crippen LogP contribution is -1.64. The number of unbranched alkanes of at least 4 members (excludes halogenated alkanes) is 2. The first-order valence-electron chi connectivity index (χ1n) is 2.93. The molecule has 0 aromatic carbocycles. The molecular weight excluding hydrogens is 96.1 g/mol. The fourth-order valence-electron chi connectivity index (χ4n) is 0.396. The van der Waals surface area contributed by atoms with Crippen LogP contribution in [0.1, 0.15) is 26.2 Å². The Bertz CT molecular complexity index is 101. The van der Waals surface area contributed by atoms with Crippen molar-refractivity contribution in [3.05, 3.63) is 12.7 Å². The van der Waals surface area contributed by atoms with Crippen LogP contribution in [-0.4, -0.2) is 0 Å². The second-order valence-corrected chi connectivity index (χ2v) is 1.59. The Morgan fingerprint density at radius 2 is 2.38 bits per heavy atom. The van der Waals surface area contributed by atoms with E-state index >= 15 is 0 Å². The Hall–Kier alpha value is -0.700. The number of hydrogen-bond acceptors (Lipinski definition) is 0. The van der Waals surface area contributed by atoms with Crippen molar-refractivity contribution >= 4 is 0 Å². The summed E-state index contributed by atoms with van der Waals surface area (Å²) in [6.07, 6.45) is 4.75. The van der Waals surface area contributed by atoms with Crippen molar-refractivity contribution in [1.29, 1.82) is 0 Å². The Kier molecular flexibility index (Phi) is 5.75. The van der Waals surface area contributed by atoms with Crippen molar-refractivity contribution in [1.82, 2.24) is 0 Å². The summed E-state index contributed by atoms with van der Waals surface area (Å²) in [6, 6.07) is 0. The lowest BCUT2D eigenvalue weighted by Gasteiger charge is -1.80. The van der Waals surface area contributed by atoms with E-state index in [1.54, 1.807) is 0 Å². The monoisotopic (exact) mass is 107 g/mol. The minimum absolute atomic E-state index is 0.976. The van der Waals surface area contributed by atoms with Crippen LogP contribution in [0.25, 0.3) is 0 Å². The number of rotatable bonds is 2. The van der Waals surface area contributed by atoms with Gasteiger partial charge in [0.2, 0.25) is 0 Å². The van der Waals surface area contributed by atoms with Crippen LogP contribution in [0.3, 0.4) is 0 Å². The predicted molar refractivity (Wildman–Crippen MR) is 36.2 cm³/mol. The third kappa shape index (κ3) is 5.30. The van der Waals surface area contributed by atoms with Crippen molar-refractivity contribution < 1.29 is 0 Å². The highest BCUT2D eigenvalue weighted by Gasteiger charge is 1.73. The van der Waals surface area contributed by atoms with E-state index in [0.717, 1.165) is 6.42 Å². The van der Waals surface area contributed by atoms with Gasteiger partial charge in [-0.05, 0) is 12.5 Å². The van der Waals surface area contributed by atoms with Gasteiger partial charge in [0.1, 0.15) is 0 Å². The molecular formula is C8H11. The SMILES string of the molecule is [CH]=CC#CCCCC. The highest BCUT2D eigenvalue weighted by molar-refractivity contribution is 5.10. The third-order valence-electron chi connectivity index (χ3n) is 0.841. The van der Waals surface area contributed by atoms with Gasteiger partial charge < -0.3 is 0 Å². The topological polar surface area (TPSA) is 0 Å². The van der Waals surface area contributed by atoms with E-state index in [0.29, 0.717) is 0 Å². The number of allylic oxidation sites excluding steroid dienone is 1. The lowest BCUT2D eigenvalue weighted by molar-refractivity contribution is 0.828. The summed E-state index contributed by atoms with van der Waals surface area (Å²) in [5, 5.41) is 0. The molecule has 8 heavy (non-hydrogen) atoms. The van der Waals surface area contributed by atoms with Crippen molar-refractivity contribution in [3.63, 3.8) is 0 Å². The van der Waals surface area contributed by atoms with E-state index in [-0.39, 0.29) is 0 Å². The van der Waals surface area contributed by atoms with Crippen LogP contribution >= 0.6 is 0 Å². The summed E-state index contributed by atoms with van der Waals surface area (Å²) in [6.45, 7) is 7.16. The maximum Gasteiger partial charge on any atom is 0.00921 e. The van der Waals surface area contributed by atoms with Gasteiger partial charge in [-0.25, -0.2) is 0 Å². The molecule has 0 fully saturated rings. The van der Waals surface area contributed by atoms with Gasteiger partial charge in [0, 0.05) is 6.42 Å². The van der Waals surface area contributed by atoms with Crippen LogP contribution in [0.15, 0.2) is 6.08 Å². The number of hydrogen-bond donors (Lipinski definition) is 0. The standard InChI is InChI=1S/C8H11/c1-3-5-7-8-6-4-2/h1,3H,4,6,8H2,2H3. The fraction of sp³-hybridized carbons (Fsp3) is 0.500. The van der Waals surface area contributed by atoms with E-state index in [4.69, 9.17) is 6.58 Å². The molecule has 0 rings (SSSR count). The molecule has 43 valence electrons. The average molecular weight is 107 g/mol. The van der Waals surface area contributed by atoms with Gasteiger partial charge in [0.25, 0.3) is 0 Å². The van der Waals surface area contributed by atoms with Crippen molar-refractivity contribution in [2.24, 2.45) is 0 Å². The molecule has 0 aromatic rings. The molecule has 0 unspecified atom stereocenters. The quantitative estimate of drug-likeness (QED) is 0.375. The van der Waals surface area contributed by atoms with Crippen LogP contribution in [0.2, 0.25) is 0 Å². The second kappa shape index (κ2) is 6.30. The molecule has 0 amide bonds. The molecule has 0 spiro atoms. The van der Waals surface area contributed by atoms with Gasteiger partial charge in [0.05, 0.1) is 0 Å². The largest absolute Gasteiger partial charge is 0.0985 e. The molecule has 0 aliphatic rings. The molecule has 0 heterocycles. The molecule has 0 aliphatic carbocycles. The third-order valence-corrected chi connectivity index (χ3v) is 0.841. The van der Waals surface area contributed by atoms with E-state index < -0.39 is 0 Å². The zero-order chi connectivity index (χ0) is 6.24. The van der Waals surface area contributed by atoms with Crippen molar-refractivity contribution in [2.75, 3.05) is 0 Å². The maximum absolute atomic E-state index is 5.01. The van der Waals surface area contributed by atoms with Gasteiger partial charge in [0.15, 0.2) is 0 Å². The van der Waals surface area contributed by atoms with E-state index in [2.05, 4.69) is 18.8 Å². The molecule has 0 nitrogen and oxygen atoms in total. The zero-order valence-corrected chi connectivity index (χ0v) is 5.28. The van der Waals surface area contributed by atoms with Crippen LogP contribution in [0, 0.1) is 18.4 Å². The Labute approximate surface area is 51.6 Å². The first-order valence-corrected chi connectivity index (χ1v) is 2.93. The molecule has 0 saturated heterocycles. The molecule has 0 atom stereocenters. The van der Waals surface area contributed by atoms with Crippen molar-refractivity contribution in [3.8, 4) is 11.8 Å². The average Bonchev–Trinajstić information content (AvgIpc) is 1.81. The van der Waals surface area contributed by atoms with Gasteiger partial charge >= 0.3 is 0 Å². The molecule has 0 aliphatic heterocycles. The minimum Gasteiger partial charge on any atom is -0.0985 e. The summed E-state index contributed by atoms with van der Waals surface area (Å²) >= 11 is 0. The fourth-order valence-corrected chi connectivity index (χ4v) is 0.396. The first-order chi connectivity index (χ1) is 3.91. The molecule has 0 N–H and O–H groups in total. The summed E-state index contributed by atoms with van der Waals surface area (Å²) in [5.74, 6) is 5.59. The van der Waals surface area contributed by atoms with Gasteiger partial charge in [-0.2, -0.15) is 0 Å². The van der Waals surface area contributed by atoms with E-state index in [1.165, 1.54) is 18.9 Å². The lowest BCUT2D eigenvalue weighted by atomic mass is 10.2. The van der Waals surface area contributed by atoms with Crippen LogP contribution in [0.4, 0.5) is 0 Å². The molecule has 0 saturated carbocycles. The summed E-state index contributed by atoms with van der Waals surface area (Å²) in [4.78, 5) is 0. The first kappa shape index (κ1) is 7.30. The smallest absolute Gasteiger partial charge is 0.00921 e. The van der Waals surface area contributed by atoms with Gasteiger partial charge in [-0.1, -0.05) is 31.8 Å². The van der Waals surface area contributed by atoms with Gasteiger partial charge in [-0.3, -0.25) is 0 Å². The Morgan fingerprint density at radius 3 is 2.88 bits per heavy atom. The van der Waals surface area contributed by atoms with Crippen LogP contribution < -0.4 is 0 Å². The van der Waals surface area contributed by atoms with Crippen molar-refractivity contribution in [2.45, 2.75) is 26.2 Å². The normalized spacial score (nSPS) is 7.12. The van der Waals surface area contributed by atoms with Crippen LogP contribution in [0.5, 0.6) is 0 Å². The van der Waals surface area contributed by atoms with E-state index in [9.17, 15) is 0 Å². The maximum atomic E-state index is 5.01. The summed E-state index contributed by atoms with van der Waals surface area (Å²) in [5.41, 5.74) is 0. The summed E-state index contributed by atoms with van der Waals surface area (Å²) < 4.78 is 0. The molecule has 0 aromatic heterocycles. The minimum atomic E-state index is 0.976. The molecule has 0 bridgehead atoms. The highest BCUT2D eigenvalue weighted by atomic mass is 13.8. The zero-order valence-electron chi connectivity index (χ0n) is 5.28. The Morgan fingerprint density at radius 1 is 1.62 bits per heavy atom. The molecule has 1 radical (unpaired) electrons. The van der Waals surface area contributed by atoms with E-state index in [1.807, 2.05) is 0 Å². The molecule has 0 heteroatoms. The predicted octanol–water partition coefficient (Wildman–Crippen LogP) is 2.17. The second-order valence-electron chi connectivity index (χ2n) is 1.59. The highest BCUT2D eigenvalue weighted by Crippen LogP contribution is 1.89. The summed E-state index contributed by atoms with van der Waals surface area (Å²) in [7, 11) is 0. The van der Waals surface area contributed by atoms with Gasteiger partial charge in [-0.15, -0.1) is 0 Å². The Balaban J connectivity index is 3.02.